The molecule has 3 aromatic rings. The average Bonchev–Trinajstić information content (AvgIpc) is 3.73. The summed E-state index contributed by atoms with van der Waals surface area (Å²) in [7, 11) is 0.914. The number of carbonyl (C=O) groups is 1. The van der Waals surface area contributed by atoms with Gasteiger partial charge in [0.2, 0.25) is 5.88 Å². The fraction of sp³-hybridized carbons (Fsp3) is 0.385. The number of ether oxygens (including phenoxy) is 2. The van der Waals surface area contributed by atoms with Crippen molar-refractivity contribution in [1.29, 1.82) is 10.0 Å². The quantitative estimate of drug-likeness (QED) is 0.465. The molecule has 3 heterocycles. The van der Waals surface area contributed by atoms with Crippen molar-refractivity contribution in [2.24, 2.45) is 7.05 Å². The molecule has 2 N–H and O–H groups in total. The van der Waals surface area contributed by atoms with Gasteiger partial charge in [-0.05, 0) is 53.5 Å². The lowest BCUT2D eigenvalue weighted by molar-refractivity contribution is 0.0756. The predicted octanol–water partition coefficient (Wildman–Crippen LogP) is 2.27. The van der Waals surface area contributed by atoms with Crippen molar-refractivity contribution in [2.45, 2.75) is 24.1 Å². The van der Waals surface area contributed by atoms with Crippen LogP contribution in [0.25, 0.3) is 10.9 Å². The molecule has 1 aliphatic carbocycles. The molecule has 0 bridgehead atoms. The molecule has 192 valence electrons. The van der Waals surface area contributed by atoms with Crippen LogP contribution in [0.2, 0.25) is 0 Å². The number of pyridine rings is 2. The molecule has 37 heavy (non-hydrogen) atoms. The lowest BCUT2D eigenvalue weighted by Gasteiger charge is -2.32. The number of benzene rings is 1. The number of nitrogens with one attached hydrogen (secondary N) is 2. The topological polar surface area (TPSA) is 133 Å². The van der Waals surface area contributed by atoms with Crippen molar-refractivity contribution >= 4 is 27.7 Å². The molecule has 2 aromatic heterocycles. The van der Waals surface area contributed by atoms with Crippen molar-refractivity contribution in [3.05, 3.63) is 69.6 Å². The van der Waals surface area contributed by atoms with Gasteiger partial charge in [-0.2, -0.15) is 5.26 Å². The van der Waals surface area contributed by atoms with Gasteiger partial charge < -0.3 is 19.4 Å². The molecule has 1 atom stereocenters. The fourth-order valence-corrected chi connectivity index (χ4v) is 6.10. The Kier molecular flexibility index (Phi) is 7.06. The van der Waals surface area contributed by atoms with Crippen LogP contribution in [-0.2, 0) is 29.2 Å². The Morgan fingerprint density at radius 3 is 2.68 bits per heavy atom. The van der Waals surface area contributed by atoms with E-state index >= 15 is 0 Å². The Bertz CT molecular complexity index is 1450. The number of amides is 1. The standard InChI is InChI=1S/C26H28N6O4S/c1-31-22-20(14-21(25(31)34)23(33)30-16-19-4-2-18(15-27)3-5-19)6-9-29-24(22)36-17-26(7-8-26)37(28)32-10-12-35-13-11-32/h2-6,9,14,28H,7-8,10-13,16-17H2,1H3,(H,30,33). The number of nitriles is 1. The number of rotatable bonds is 8. The first-order valence-electron chi connectivity index (χ1n) is 12.1. The molecule has 0 radical (unpaired) electrons. The summed E-state index contributed by atoms with van der Waals surface area (Å²) in [5.74, 6) is -0.154. The van der Waals surface area contributed by atoms with Gasteiger partial charge in [-0.1, -0.05) is 12.1 Å². The zero-order valence-electron chi connectivity index (χ0n) is 20.5. The predicted molar refractivity (Wildman–Crippen MR) is 139 cm³/mol. The van der Waals surface area contributed by atoms with E-state index in [1.165, 1.54) is 4.57 Å². The van der Waals surface area contributed by atoms with Gasteiger partial charge in [-0.15, -0.1) is 0 Å². The molecule has 1 aromatic carbocycles. The Labute approximate surface area is 216 Å². The van der Waals surface area contributed by atoms with Gasteiger partial charge in [0.25, 0.3) is 11.5 Å². The van der Waals surface area contributed by atoms with E-state index in [0.29, 0.717) is 42.2 Å². The van der Waals surface area contributed by atoms with Crippen LogP contribution < -0.4 is 15.6 Å². The molecule has 10 nitrogen and oxygen atoms in total. The Morgan fingerprint density at radius 2 is 2.00 bits per heavy atom. The van der Waals surface area contributed by atoms with E-state index in [1.807, 2.05) is 0 Å². The summed E-state index contributed by atoms with van der Waals surface area (Å²) < 4.78 is 23.7. The Hall–Kier alpha value is -3.59. The third kappa shape index (κ3) is 5.13. The summed E-state index contributed by atoms with van der Waals surface area (Å²) in [6.45, 7) is 3.39. The summed E-state index contributed by atoms with van der Waals surface area (Å²) in [4.78, 5) is 30.4. The first kappa shape index (κ1) is 25.1. The van der Waals surface area contributed by atoms with Gasteiger partial charge in [-0.3, -0.25) is 14.4 Å². The molecule has 0 spiro atoms. The number of nitrogens with zero attached hydrogens (tertiary/aromatic N) is 4. The lowest BCUT2D eigenvalue weighted by atomic mass is 10.1. The van der Waals surface area contributed by atoms with E-state index in [4.69, 9.17) is 19.5 Å². The molecule has 2 fully saturated rings. The maximum absolute atomic E-state index is 13.1. The zero-order chi connectivity index (χ0) is 26.0. The van der Waals surface area contributed by atoms with Gasteiger partial charge in [0.1, 0.15) is 17.7 Å². The van der Waals surface area contributed by atoms with E-state index in [-0.39, 0.29) is 16.9 Å². The number of aromatic nitrogens is 2. The van der Waals surface area contributed by atoms with Gasteiger partial charge in [-0.25, -0.2) is 9.29 Å². The number of hydrogen-bond acceptors (Lipinski definition) is 7. The van der Waals surface area contributed by atoms with Crippen LogP contribution in [-0.4, -0.2) is 57.4 Å². The highest BCUT2D eigenvalue weighted by atomic mass is 32.2. The van der Waals surface area contributed by atoms with E-state index < -0.39 is 22.3 Å². The van der Waals surface area contributed by atoms with Gasteiger partial charge >= 0.3 is 0 Å². The second-order valence-electron chi connectivity index (χ2n) is 9.27. The third-order valence-electron chi connectivity index (χ3n) is 6.79. The van der Waals surface area contributed by atoms with Crippen LogP contribution in [0.5, 0.6) is 5.88 Å². The minimum atomic E-state index is -0.690. The van der Waals surface area contributed by atoms with Crippen molar-refractivity contribution in [3.63, 3.8) is 0 Å². The molecule has 1 saturated heterocycles. The zero-order valence-corrected chi connectivity index (χ0v) is 21.3. The fourth-order valence-electron chi connectivity index (χ4n) is 4.38. The summed E-state index contributed by atoms with van der Waals surface area (Å²) in [6, 6.07) is 12.3. The largest absolute Gasteiger partial charge is 0.475 e. The first-order chi connectivity index (χ1) is 17.9. The maximum Gasteiger partial charge on any atom is 0.263 e. The van der Waals surface area contributed by atoms with Crippen molar-refractivity contribution in [1.82, 2.24) is 19.2 Å². The molecule has 1 saturated carbocycles. The molecule has 11 heteroatoms. The Balaban J connectivity index is 1.33. The molecule has 2 aliphatic rings. The van der Waals surface area contributed by atoms with Gasteiger partial charge in [0.05, 0.1) is 29.6 Å². The van der Waals surface area contributed by atoms with Crippen LogP contribution >= 0.6 is 0 Å². The minimum Gasteiger partial charge on any atom is -0.475 e. The van der Waals surface area contributed by atoms with Gasteiger partial charge in [0.15, 0.2) is 0 Å². The van der Waals surface area contributed by atoms with E-state index in [0.717, 1.165) is 31.5 Å². The molecular formula is C26H28N6O4S. The van der Waals surface area contributed by atoms with Crippen LogP contribution in [0.15, 0.2) is 47.4 Å². The van der Waals surface area contributed by atoms with Crippen LogP contribution in [0, 0.1) is 16.1 Å². The summed E-state index contributed by atoms with van der Waals surface area (Å²) in [5.41, 5.74) is 1.46. The van der Waals surface area contributed by atoms with Crippen LogP contribution in [0.3, 0.4) is 0 Å². The van der Waals surface area contributed by atoms with Crippen LogP contribution in [0.4, 0.5) is 0 Å². The highest BCUT2D eigenvalue weighted by Crippen LogP contribution is 2.44. The molecule has 1 unspecified atom stereocenters. The molecular weight excluding hydrogens is 492 g/mol. The molecule has 5 rings (SSSR count). The van der Waals surface area contributed by atoms with Crippen molar-refractivity contribution in [2.75, 3.05) is 32.9 Å². The van der Waals surface area contributed by atoms with Gasteiger partial charge in [0, 0.05) is 38.3 Å². The molecule has 1 aliphatic heterocycles. The van der Waals surface area contributed by atoms with E-state index in [9.17, 15) is 9.59 Å². The number of hydrogen-bond donors (Lipinski definition) is 2. The normalized spacial score (nSPS) is 17.6. The maximum atomic E-state index is 13.1. The second-order valence-corrected chi connectivity index (χ2v) is 11.2. The van der Waals surface area contributed by atoms with Crippen LogP contribution in [0.1, 0.15) is 34.3 Å². The monoisotopic (exact) mass is 520 g/mol. The number of fused-ring (bicyclic) bond motifs is 1. The summed E-state index contributed by atoms with van der Waals surface area (Å²) >= 11 is 0. The van der Waals surface area contributed by atoms with E-state index in [2.05, 4.69) is 20.7 Å². The minimum absolute atomic E-state index is 0.0273. The number of morpholine rings is 1. The highest BCUT2D eigenvalue weighted by molar-refractivity contribution is 7.85. The lowest BCUT2D eigenvalue weighted by Crippen LogP contribution is -2.43. The number of carbonyl (C=O) groups excluding carboxylic acids is 1. The molecule has 1 amide bonds. The van der Waals surface area contributed by atoms with Crippen molar-refractivity contribution < 1.29 is 14.3 Å². The first-order valence-corrected chi connectivity index (χ1v) is 13.3. The summed E-state index contributed by atoms with van der Waals surface area (Å²) in [5, 5.41) is 12.4. The van der Waals surface area contributed by atoms with E-state index in [1.54, 1.807) is 49.6 Å². The third-order valence-corrected chi connectivity index (χ3v) is 9.02. The average molecular weight is 521 g/mol. The smallest absolute Gasteiger partial charge is 0.263 e. The SMILES string of the molecule is Cn1c(=O)c(C(=O)NCc2ccc(C#N)cc2)cc2ccnc(OCC3(S(=N)N4CCOCC4)CC3)c21. The summed E-state index contributed by atoms with van der Waals surface area (Å²) in [6.07, 6.45) is 3.44. The Morgan fingerprint density at radius 1 is 1.27 bits per heavy atom. The highest BCUT2D eigenvalue weighted by Gasteiger charge is 2.49. The van der Waals surface area contributed by atoms with Crippen molar-refractivity contribution in [3.8, 4) is 11.9 Å². The number of aryl methyl sites for hydroxylation is 1. The second kappa shape index (κ2) is 10.4.